The van der Waals surface area contributed by atoms with E-state index in [0.29, 0.717) is 34.4 Å². The molecular weight excluding hydrogens is 507 g/mol. The number of fused-ring (bicyclic) bond motifs is 1. The van der Waals surface area contributed by atoms with Crippen LogP contribution in [0.4, 0.5) is 19.0 Å². The summed E-state index contributed by atoms with van der Waals surface area (Å²) in [5.74, 6) is -0.275. The Kier molecular flexibility index (Phi) is 5.56. The number of carbonyl (C=O) groups excluding carboxylic acids is 1. The lowest BCUT2D eigenvalue weighted by Crippen LogP contribution is -2.29. The van der Waals surface area contributed by atoms with Crippen molar-refractivity contribution in [2.45, 2.75) is 23.9 Å². The normalized spacial score (nSPS) is 15.7. The van der Waals surface area contributed by atoms with Crippen molar-refractivity contribution in [2.75, 3.05) is 10.8 Å². The summed E-state index contributed by atoms with van der Waals surface area (Å²) in [4.78, 5) is 20.1. The smallest absolute Gasteiger partial charge is 0.318 e. The summed E-state index contributed by atoms with van der Waals surface area (Å²) >= 11 is 6.28. The number of carbonyl (C=O) groups is 1. The van der Waals surface area contributed by atoms with Crippen molar-refractivity contribution in [3.8, 4) is 11.1 Å². The van der Waals surface area contributed by atoms with Gasteiger partial charge in [0.2, 0.25) is 0 Å². The second-order valence-corrected chi connectivity index (χ2v) is 10.2. The van der Waals surface area contributed by atoms with Crippen LogP contribution in [0.25, 0.3) is 11.1 Å². The third-order valence-corrected chi connectivity index (χ3v) is 7.82. The van der Waals surface area contributed by atoms with E-state index >= 15 is 0 Å². The maximum Gasteiger partial charge on any atom is 0.416 e. The maximum absolute atomic E-state index is 13.3. The van der Waals surface area contributed by atoms with Gasteiger partial charge in [0.05, 0.1) is 21.9 Å². The van der Waals surface area contributed by atoms with Crippen molar-refractivity contribution < 1.29 is 31.2 Å². The predicted octanol–water partition coefficient (Wildman–Crippen LogP) is 4.82. The molecule has 7 nitrogen and oxygen atoms in total. The summed E-state index contributed by atoms with van der Waals surface area (Å²) < 4.78 is 66.3. The molecule has 180 valence electrons. The number of benzene rings is 2. The Labute approximate surface area is 202 Å². The highest BCUT2D eigenvalue weighted by atomic mass is 35.5. The van der Waals surface area contributed by atoms with E-state index in [0.717, 1.165) is 12.1 Å². The van der Waals surface area contributed by atoms with E-state index in [1.165, 1.54) is 40.8 Å². The van der Waals surface area contributed by atoms with Gasteiger partial charge in [0.1, 0.15) is 11.5 Å². The monoisotopic (exact) mass is 521 g/mol. The SMILES string of the molecule is O=C1CC(c2ccc(S(=O)(=O)N3CCc4cc(-c5ccc(C(F)(F)F)cc5)cnc43)cc2Cl)=NO1. The van der Waals surface area contributed by atoms with E-state index in [1.54, 1.807) is 6.07 Å². The van der Waals surface area contributed by atoms with Crippen molar-refractivity contribution in [3.63, 3.8) is 0 Å². The van der Waals surface area contributed by atoms with Crippen LogP contribution in [0.15, 0.2) is 64.8 Å². The fourth-order valence-corrected chi connectivity index (χ4v) is 5.79. The molecule has 0 fully saturated rings. The molecule has 0 saturated heterocycles. The number of sulfonamides is 1. The molecular formula is C23H15ClF3N3O4S. The van der Waals surface area contributed by atoms with Crippen LogP contribution in [0.5, 0.6) is 0 Å². The van der Waals surface area contributed by atoms with Crippen molar-refractivity contribution in [3.05, 3.63) is 76.4 Å². The lowest BCUT2D eigenvalue weighted by molar-refractivity contribution is -0.140. The van der Waals surface area contributed by atoms with Crippen molar-refractivity contribution in [2.24, 2.45) is 5.16 Å². The second kappa shape index (κ2) is 8.35. The summed E-state index contributed by atoms with van der Waals surface area (Å²) in [6.45, 7) is 0.148. The van der Waals surface area contributed by atoms with Gasteiger partial charge in [-0.3, -0.25) is 0 Å². The number of hydrogen-bond donors (Lipinski definition) is 0. The van der Waals surface area contributed by atoms with Crippen LogP contribution >= 0.6 is 11.6 Å². The standard InChI is InChI=1S/C23H15ClF3N3O4S/c24-19-10-17(5-6-18(19)20-11-21(31)34-29-20)35(32,33)30-8-7-14-9-15(12-28-22(14)30)13-1-3-16(4-2-13)23(25,26)27/h1-6,9-10,12H,7-8,11H2. The molecule has 0 spiro atoms. The molecule has 2 aliphatic rings. The van der Waals surface area contributed by atoms with Gasteiger partial charge in [0, 0.05) is 23.9 Å². The fourth-order valence-electron chi connectivity index (χ4n) is 3.95. The number of oxime groups is 1. The number of aromatic nitrogens is 1. The van der Waals surface area contributed by atoms with Gasteiger partial charge < -0.3 is 4.84 Å². The fraction of sp³-hybridized carbons (Fsp3) is 0.174. The first-order chi connectivity index (χ1) is 16.5. The van der Waals surface area contributed by atoms with Crippen LogP contribution in [0, 0.1) is 0 Å². The second-order valence-electron chi connectivity index (χ2n) is 7.93. The molecule has 1 aromatic heterocycles. The maximum atomic E-state index is 13.3. The zero-order chi connectivity index (χ0) is 25.0. The van der Waals surface area contributed by atoms with Gasteiger partial charge >= 0.3 is 12.1 Å². The molecule has 3 heterocycles. The van der Waals surface area contributed by atoms with Gasteiger partial charge in [-0.2, -0.15) is 13.2 Å². The molecule has 0 saturated carbocycles. The zero-order valence-electron chi connectivity index (χ0n) is 17.7. The average Bonchev–Trinajstić information content (AvgIpc) is 3.44. The van der Waals surface area contributed by atoms with Crippen molar-refractivity contribution in [1.29, 1.82) is 0 Å². The van der Waals surface area contributed by atoms with E-state index in [-0.39, 0.29) is 28.7 Å². The van der Waals surface area contributed by atoms with Gasteiger partial charge in [-0.15, -0.1) is 0 Å². The quantitative estimate of drug-likeness (QED) is 0.459. The Morgan fingerprint density at radius 2 is 1.77 bits per heavy atom. The number of alkyl halides is 3. The first-order valence-corrected chi connectivity index (χ1v) is 12.1. The Balaban J connectivity index is 1.42. The van der Waals surface area contributed by atoms with E-state index in [1.807, 2.05) is 0 Å². The number of hydrogen-bond acceptors (Lipinski definition) is 6. The van der Waals surface area contributed by atoms with Crippen LogP contribution in [0.1, 0.15) is 23.1 Å². The summed E-state index contributed by atoms with van der Waals surface area (Å²) in [6.07, 6.45) is -2.67. The summed E-state index contributed by atoms with van der Waals surface area (Å²) in [5, 5.41) is 3.76. The summed E-state index contributed by atoms with van der Waals surface area (Å²) in [5.41, 5.74) is 1.74. The van der Waals surface area contributed by atoms with Crippen molar-refractivity contribution >= 4 is 39.1 Å². The van der Waals surface area contributed by atoms with Crippen LogP contribution in [0.2, 0.25) is 5.02 Å². The molecule has 0 unspecified atom stereocenters. The lowest BCUT2D eigenvalue weighted by Gasteiger charge is -2.19. The number of pyridine rings is 1. The molecule has 5 rings (SSSR count). The van der Waals surface area contributed by atoms with Crippen LogP contribution in [0.3, 0.4) is 0 Å². The summed E-state index contributed by atoms with van der Waals surface area (Å²) in [6, 6.07) is 10.5. The lowest BCUT2D eigenvalue weighted by atomic mass is 10.0. The third kappa shape index (κ3) is 4.25. The first-order valence-electron chi connectivity index (χ1n) is 10.3. The predicted molar refractivity (Wildman–Crippen MR) is 122 cm³/mol. The van der Waals surface area contributed by atoms with E-state index in [9.17, 15) is 26.4 Å². The minimum atomic E-state index is -4.43. The van der Waals surface area contributed by atoms with Gasteiger partial charge in [-0.25, -0.2) is 22.5 Å². The Bertz CT molecular complexity index is 1490. The van der Waals surface area contributed by atoms with Gasteiger partial charge in [-0.1, -0.05) is 35.0 Å². The molecule has 0 radical (unpaired) electrons. The Hall–Kier alpha value is -3.44. The number of nitrogens with zero attached hydrogens (tertiary/aromatic N) is 3. The highest BCUT2D eigenvalue weighted by Gasteiger charge is 2.34. The number of anilines is 1. The minimum Gasteiger partial charge on any atom is -0.318 e. The van der Waals surface area contributed by atoms with E-state index < -0.39 is 27.7 Å². The van der Waals surface area contributed by atoms with Gasteiger partial charge in [0.15, 0.2) is 0 Å². The number of rotatable bonds is 4. The molecule has 2 aromatic carbocycles. The topological polar surface area (TPSA) is 88.9 Å². The average molecular weight is 522 g/mol. The van der Waals surface area contributed by atoms with E-state index in [4.69, 9.17) is 11.6 Å². The molecule has 3 aromatic rings. The Morgan fingerprint density at radius 3 is 2.40 bits per heavy atom. The molecule has 0 aliphatic carbocycles. The molecule has 2 aliphatic heterocycles. The minimum absolute atomic E-state index is 0.0569. The highest BCUT2D eigenvalue weighted by molar-refractivity contribution is 7.92. The molecule has 0 N–H and O–H groups in total. The molecule has 12 heteroatoms. The molecule has 0 amide bonds. The Morgan fingerprint density at radius 1 is 1.03 bits per heavy atom. The van der Waals surface area contributed by atoms with Crippen molar-refractivity contribution in [1.82, 2.24) is 4.98 Å². The number of halogens is 4. The zero-order valence-corrected chi connectivity index (χ0v) is 19.3. The largest absolute Gasteiger partial charge is 0.416 e. The first kappa shape index (κ1) is 23.3. The third-order valence-electron chi connectivity index (χ3n) is 5.72. The van der Waals surface area contributed by atoms with Crippen LogP contribution < -0.4 is 4.31 Å². The highest BCUT2D eigenvalue weighted by Crippen LogP contribution is 2.36. The summed E-state index contributed by atoms with van der Waals surface area (Å²) in [7, 11) is -4.00. The molecule has 0 bridgehead atoms. The van der Waals surface area contributed by atoms with Gasteiger partial charge in [0.25, 0.3) is 10.0 Å². The molecule has 0 atom stereocenters. The van der Waals surface area contributed by atoms with E-state index in [2.05, 4.69) is 15.0 Å². The van der Waals surface area contributed by atoms with Crippen LogP contribution in [-0.2, 0) is 32.3 Å². The van der Waals surface area contributed by atoms with Gasteiger partial charge in [-0.05, 0) is 47.9 Å². The van der Waals surface area contributed by atoms with Crippen LogP contribution in [-0.4, -0.2) is 31.6 Å². The molecule has 35 heavy (non-hydrogen) atoms.